The second-order valence-electron chi connectivity index (χ2n) is 3.45. The Kier molecular flexibility index (Phi) is 3.42. The highest BCUT2D eigenvalue weighted by molar-refractivity contribution is 7.17. The van der Waals surface area contributed by atoms with Crippen molar-refractivity contribution in [3.63, 3.8) is 0 Å². The van der Waals surface area contributed by atoms with Gasteiger partial charge in [-0.05, 0) is 29.8 Å². The minimum atomic E-state index is 0.193. The van der Waals surface area contributed by atoms with Crippen molar-refractivity contribution in [2.24, 2.45) is 0 Å². The van der Waals surface area contributed by atoms with Gasteiger partial charge in [-0.25, -0.2) is 0 Å². The second kappa shape index (κ2) is 4.81. The van der Waals surface area contributed by atoms with Gasteiger partial charge in [0.25, 0.3) is 0 Å². The Morgan fingerprint density at radius 1 is 1.31 bits per heavy atom. The summed E-state index contributed by atoms with van der Waals surface area (Å²) >= 11 is 7.45. The molecule has 16 heavy (non-hydrogen) atoms. The average Bonchev–Trinajstić information content (AvgIpc) is 2.77. The van der Waals surface area contributed by atoms with Gasteiger partial charge in [0.2, 0.25) is 0 Å². The highest BCUT2D eigenvalue weighted by Crippen LogP contribution is 2.30. The Labute approximate surface area is 104 Å². The van der Waals surface area contributed by atoms with Crippen molar-refractivity contribution in [1.82, 2.24) is 0 Å². The van der Waals surface area contributed by atoms with Gasteiger partial charge in [0.1, 0.15) is 0 Å². The van der Waals surface area contributed by atoms with Gasteiger partial charge in [0.15, 0.2) is 5.78 Å². The number of Topliss-reactive ketones (excluding diaryl/α,β-unsaturated/α-hetero) is 1. The summed E-state index contributed by atoms with van der Waals surface area (Å²) in [4.78, 5) is 13.4. The third-order valence-electron chi connectivity index (χ3n) is 2.31. The molecule has 1 aromatic heterocycles. The van der Waals surface area contributed by atoms with E-state index < -0.39 is 0 Å². The van der Waals surface area contributed by atoms with Crippen LogP contribution in [0.25, 0.3) is 10.4 Å². The van der Waals surface area contributed by atoms with Crippen LogP contribution >= 0.6 is 22.9 Å². The summed E-state index contributed by atoms with van der Waals surface area (Å²) < 4.78 is 0. The number of carbonyl (C=O) groups is 1. The molecule has 1 aromatic carbocycles. The maximum absolute atomic E-state index is 11.5. The standard InChI is InChI=1S/C13H11ClOS/c1-2-11(15)13-7-6-12(16-13)9-4-3-5-10(14)8-9/h3-8H,2H2,1H3. The maximum Gasteiger partial charge on any atom is 0.172 e. The zero-order valence-electron chi connectivity index (χ0n) is 8.87. The van der Waals surface area contributed by atoms with Crippen LogP contribution in [0.5, 0.6) is 0 Å². The van der Waals surface area contributed by atoms with Crippen molar-refractivity contribution in [2.75, 3.05) is 0 Å². The molecule has 0 saturated carbocycles. The molecule has 0 unspecified atom stereocenters. The molecule has 82 valence electrons. The monoisotopic (exact) mass is 250 g/mol. The smallest absolute Gasteiger partial charge is 0.172 e. The fourth-order valence-electron chi connectivity index (χ4n) is 1.46. The quantitative estimate of drug-likeness (QED) is 0.724. The molecular weight excluding hydrogens is 240 g/mol. The lowest BCUT2D eigenvalue weighted by molar-refractivity contribution is 0.0992. The Bertz CT molecular complexity index is 516. The molecule has 0 aliphatic rings. The summed E-state index contributed by atoms with van der Waals surface area (Å²) in [5.74, 6) is 0.193. The molecule has 2 rings (SSSR count). The number of benzene rings is 1. The summed E-state index contributed by atoms with van der Waals surface area (Å²) in [7, 11) is 0. The van der Waals surface area contributed by atoms with Crippen LogP contribution in [0.15, 0.2) is 36.4 Å². The molecule has 0 saturated heterocycles. The van der Waals surface area contributed by atoms with Crippen LogP contribution < -0.4 is 0 Å². The maximum atomic E-state index is 11.5. The zero-order chi connectivity index (χ0) is 11.5. The van der Waals surface area contributed by atoms with E-state index in [0.717, 1.165) is 15.3 Å². The van der Waals surface area contributed by atoms with E-state index in [1.54, 1.807) is 0 Å². The van der Waals surface area contributed by atoms with E-state index in [4.69, 9.17) is 11.6 Å². The molecule has 0 N–H and O–H groups in total. The molecule has 2 aromatic rings. The normalized spacial score (nSPS) is 10.4. The third-order valence-corrected chi connectivity index (χ3v) is 3.72. The molecule has 3 heteroatoms. The Hall–Kier alpha value is -1.12. The predicted octanol–water partition coefficient (Wildman–Crippen LogP) is 4.66. The number of halogens is 1. The molecule has 0 aliphatic heterocycles. The Morgan fingerprint density at radius 3 is 2.81 bits per heavy atom. The first kappa shape index (κ1) is 11.4. The highest BCUT2D eigenvalue weighted by Gasteiger charge is 2.08. The van der Waals surface area contributed by atoms with Gasteiger partial charge < -0.3 is 0 Å². The van der Waals surface area contributed by atoms with Gasteiger partial charge in [0.05, 0.1) is 4.88 Å². The molecule has 0 spiro atoms. The summed E-state index contributed by atoms with van der Waals surface area (Å²) in [5.41, 5.74) is 1.06. The molecule has 1 nitrogen and oxygen atoms in total. The number of hydrogen-bond acceptors (Lipinski definition) is 2. The summed E-state index contributed by atoms with van der Waals surface area (Å²) in [6.45, 7) is 1.88. The molecule has 0 aliphatic carbocycles. The number of ketones is 1. The zero-order valence-corrected chi connectivity index (χ0v) is 10.4. The van der Waals surface area contributed by atoms with Crippen molar-refractivity contribution >= 4 is 28.7 Å². The van der Waals surface area contributed by atoms with E-state index in [9.17, 15) is 4.79 Å². The van der Waals surface area contributed by atoms with E-state index in [1.165, 1.54) is 11.3 Å². The van der Waals surface area contributed by atoms with E-state index in [0.29, 0.717) is 11.4 Å². The van der Waals surface area contributed by atoms with Crippen molar-refractivity contribution in [3.8, 4) is 10.4 Å². The first-order chi connectivity index (χ1) is 7.70. The lowest BCUT2D eigenvalue weighted by atomic mass is 10.2. The largest absolute Gasteiger partial charge is 0.293 e. The molecule has 0 amide bonds. The average molecular weight is 251 g/mol. The number of rotatable bonds is 3. The number of carbonyl (C=O) groups excluding carboxylic acids is 1. The summed E-state index contributed by atoms with van der Waals surface area (Å²) in [6, 6.07) is 11.5. The topological polar surface area (TPSA) is 17.1 Å². The second-order valence-corrected chi connectivity index (χ2v) is 4.97. The van der Waals surface area contributed by atoms with Gasteiger partial charge in [-0.2, -0.15) is 0 Å². The van der Waals surface area contributed by atoms with Crippen LogP contribution in [0.1, 0.15) is 23.0 Å². The van der Waals surface area contributed by atoms with Crippen LogP contribution in [0, 0.1) is 0 Å². The van der Waals surface area contributed by atoms with E-state index in [1.807, 2.05) is 43.3 Å². The van der Waals surface area contributed by atoms with Gasteiger partial charge >= 0.3 is 0 Å². The van der Waals surface area contributed by atoms with Crippen LogP contribution in [0.4, 0.5) is 0 Å². The fourth-order valence-corrected chi connectivity index (χ4v) is 2.66. The van der Waals surface area contributed by atoms with Gasteiger partial charge in [-0.1, -0.05) is 30.7 Å². The molecule has 0 fully saturated rings. The highest BCUT2D eigenvalue weighted by atomic mass is 35.5. The minimum Gasteiger partial charge on any atom is -0.293 e. The van der Waals surface area contributed by atoms with Gasteiger partial charge in [-0.15, -0.1) is 11.3 Å². The predicted molar refractivity (Wildman–Crippen MR) is 69.4 cm³/mol. The number of hydrogen-bond donors (Lipinski definition) is 0. The van der Waals surface area contributed by atoms with Crippen LogP contribution in [-0.4, -0.2) is 5.78 Å². The van der Waals surface area contributed by atoms with E-state index in [2.05, 4.69) is 0 Å². The van der Waals surface area contributed by atoms with Crippen LogP contribution in [0.2, 0.25) is 5.02 Å². The first-order valence-electron chi connectivity index (χ1n) is 5.09. The van der Waals surface area contributed by atoms with Crippen molar-refractivity contribution in [1.29, 1.82) is 0 Å². The minimum absolute atomic E-state index is 0.193. The van der Waals surface area contributed by atoms with Crippen LogP contribution in [-0.2, 0) is 0 Å². The van der Waals surface area contributed by atoms with E-state index >= 15 is 0 Å². The molecule has 1 heterocycles. The first-order valence-corrected chi connectivity index (χ1v) is 6.29. The lowest BCUT2D eigenvalue weighted by Crippen LogP contribution is -1.90. The molecule has 0 radical (unpaired) electrons. The number of thiophene rings is 1. The fraction of sp³-hybridized carbons (Fsp3) is 0.154. The van der Waals surface area contributed by atoms with Gasteiger partial charge in [0, 0.05) is 16.3 Å². The van der Waals surface area contributed by atoms with Crippen LogP contribution in [0.3, 0.4) is 0 Å². The Balaban J connectivity index is 2.35. The SMILES string of the molecule is CCC(=O)c1ccc(-c2cccc(Cl)c2)s1. The molecule has 0 bridgehead atoms. The van der Waals surface area contributed by atoms with Crippen molar-refractivity contribution < 1.29 is 4.79 Å². The summed E-state index contributed by atoms with van der Waals surface area (Å²) in [5, 5.41) is 0.717. The van der Waals surface area contributed by atoms with Crippen molar-refractivity contribution in [3.05, 3.63) is 46.3 Å². The summed E-state index contributed by atoms with van der Waals surface area (Å²) in [6.07, 6.45) is 0.551. The van der Waals surface area contributed by atoms with Gasteiger partial charge in [-0.3, -0.25) is 4.79 Å². The lowest BCUT2D eigenvalue weighted by Gasteiger charge is -1.97. The van der Waals surface area contributed by atoms with Crippen molar-refractivity contribution in [2.45, 2.75) is 13.3 Å². The Morgan fingerprint density at radius 2 is 2.12 bits per heavy atom. The van der Waals surface area contributed by atoms with E-state index in [-0.39, 0.29) is 5.78 Å². The molecule has 0 atom stereocenters. The molecular formula is C13H11ClOS. The third kappa shape index (κ3) is 2.34.